The van der Waals surface area contributed by atoms with Crippen molar-refractivity contribution in [3.63, 3.8) is 0 Å². The van der Waals surface area contributed by atoms with Crippen LogP contribution in [-0.2, 0) is 9.59 Å². The van der Waals surface area contributed by atoms with Crippen LogP contribution in [0.4, 0.5) is 8.78 Å². The van der Waals surface area contributed by atoms with Gasteiger partial charge in [0.25, 0.3) is 5.91 Å². The minimum Gasteiger partial charge on any atom is -0.434 e. The number of amides is 3. The maximum Gasteiger partial charge on any atom is 0.387 e. The van der Waals surface area contributed by atoms with Crippen molar-refractivity contribution >= 4 is 17.7 Å². The molecule has 0 spiro atoms. The van der Waals surface area contributed by atoms with Gasteiger partial charge in [0, 0.05) is 45.1 Å². The largest absolute Gasteiger partial charge is 0.434 e. The second-order valence-electron chi connectivity index (χ2n) is 7.22. The van der Waals surface area contributed by atoms with Crippen molar-refractivity contribution in [1.29, 1.82) is 0 Å². The maximum atomic E-state index is 12.7. The molecule has 1 aliphatic heterocycles. The van der Waals surface area contributed by atoms with Gasteiger partial charge < -0.3 is 19.9 Å². The Bertz CT molecular complexity index is 747. The number of hydrogen-bond acceptors (Lipinski definition) is 4. The summed E-state index contributed by atoms with van der Waals surface area (Å²) in [5, 5.41) is 2.83. The molecule has 0 unspecified atom stereocenters. The van der Waals surface area contributed by atoms with E-state index in [9.17, 15) is 23.2 Å². The van der Waals surface area contributed by atoms with Crippen molar-refractivity contribution in [2.45, 2.75) is 32.3 Å². The first-order valence-electron chi connectivity index (χ1n) is 9.84. The number of carbonyl (C=O) groups excluding carboxylic acids is 3. The molecule has 0 atom stereocenters. The quantitative estimate of drug-likeness (QED) is 0.665. The van der Waals surface area contributed by atoms with Crippen LogP contribution in [-0.4, -0.2) is 66.9 Å². The summed E-state index contributed by atoms with van der Waals surface area (Å²) in [6.45, 7) is -1.10. The van der Waals surface area contributed by atoms with Crippen LogP contribution in [0.15, 0.2) is 24.3 Å². The van der Waals surface area contributed by atoms with E-state index in [0.717, 1.165) is 12.8 Å². The fourth-order valence-corrected chi connectivity index (χ4v) is 3.27. The Kier molecular flexibility index (Phi) is 7.00. The fraction of sp³-hybridized carbons (Fsp3) is 0.550. The van der Waals surface area contributed by atoms with Crippen LogP contribution in [0.25, 0.3) is 0 Å². The zero-order valence-corrected chi connectivity index (χ0v) is 16.1. The van der Waals surface area contributed by atoms with E-state index in [1.807, 2.05) is 0 Å². The van der Waals surface area contributed by atoms with Crippen LogP contribution in [0, 0.1) is 5.92 Å². The van der Waals surface area contributed by atoms with E-state index in [2.05, 4.69) is 10.1 Å². The van der Waals surface area contributed by atoms with Crippen LogP contribution < -0.4 is 10.1 Å². The molecular formula is C20H25F2N3O4. The van der Waals surface area contributed by atoms with Crippen molar-refractivity contribution < 1.29 is 27.9 Å². The molecule has 3 amide bonds. The summed E-state index contributed by atoms with van der Waals surface area (Å²) in [6, 6.07) is 5.90. The minimum atomic E-state index is -3.01. The van der Waals surface area contributed by atoms with Crippen molar-refractivity contribution in [1.82, 2.24) is 15.1 Å². The summed E-state index contributed by atoms with van der Waals surface area (Å²) in [4.78, 5) is 39.8. The molecule has 2 fully saturated rings. The zero-order chi connectivity index (χ0) is 20.8. The monoisotopic (exact) mass is 409 g/mol. The van der Waals surface area contributed by atoms with Crippen LogP contribution in [0.5, 0.6) is 5.75 Å². The van der Waals surface area contributed by atoms with Gasteiger partial charge >= 0.3 is 6.61 Å². The molecule has 1 aromatic rings. The Morgan fingerprint density at radius 3 is 2.38 bits per heavy atom. The molecule has 0 radical (unpaired) electrons. The number of hydrogen-bond donors (Lipinski definition) is 1. The number of carbonyl (C=O) groups is 3. The Balaban J connectivity index is 1.43. The predicted molar refractivity (Wildman–Crippen MR) is 101 cm³/mol. The third-order valence-corrected chi connectivity index (χ3v) is 5.07. The highest BCUT2D eigenvalue weighted by atomic mass is 19.3. The lowest BCUT2D eigenvalue weighted by Gasteiger charge is -2.35. The smallest absolute Gasteiger partial charge is 0.387 e. The zero-order valence-electron chi connectivity index (χ0n) is 16.1. The molecule has 158 valence electrons. The lowest BCUT2D eigenvalue weighted by Crippen LogP contribution is -2.50. The standard InChI is InChI=1S/C20H25F2N3O4/c21-20(22)29-16-5-2-1-4-15(16)19(28)25-12-10-24(11-13-25)17(26)6-3-9-23-18(27)14-7-8-14/h1-2,4-5,14,20H,3,6-13H2,(H,23,27). The topological polar surface area (TPSA) is 79.0 Å². The van der Waals surface area contributed by atoms with Gasteiger partial charge in [0.1, 0.15) is 5.75 Å². The molecule has 1 aromatic carbocycles. The Hall–Kier alpha value is -2.71. The number of ether oxygens (including phenoxy) is 1. The SMILES string of the molecule is O=C(NCCCC(=O)N1CCN(C(=O)c2ccccc2OC(F)F)CC1)C1CC1. The second-order valence-corrected chi connectivity index (χ2v) is 7.22. The van der Waals surface area contributed by atoms with Crippen molar-refractivity contribution in [3.05, 3.63) is 29.8 Å². The van der Waals surface area contributed by atoms with Crippen LogP contribution in [0.2, 0.25) is 0 Å². The molecular weight excluding hydrogens is 384 g/mol. The normalized spacial score (nSPS) is 16.7. The molecule has 3 rings (SSSR count). The number of rotatable bonds is 8. The third-order valence-electron chi connectivity index (χ3n) is 5.07. The van der Waals surface area contributed by atoms with E-state index in [0.29, 0.717) is 45.6 Å². The maximum absolute atomic E-state index is 12.7. The molecule has 9 heteroatoms. The summed E-state index contributed by atoms with van der Waals surface area (Å²) < 4.78 is 29.5. The number of alkyl halides is 2. The van der Waals surface area contributed by atoms with Gasteiger partial charge in [0.05, 0.1) is 5.56 Å². The number of piperazine rings is 1. The summed E-state index contributed by atoms with van der Waals surface area (Å²) in [6.07, 6.45) is 2.82. The summed E-state index contributed by atoms with van der Waals surface area (Å²) in [7, 11) is 0. The molecule has 1 saturated heterocycles. The first-order valence-corrected chi connectivity index (χ1v) is 9.84. The number of nitrogens with zero attached hydrogens (tertiary/aromatic N) is 2. The average molecular weight is 409 g/mol. The average Bonchev–Trinajstić information content (AvgIpc) is 3.56. The number of halogens is 2. The molecule has 1 heterocycles. The van der Waals surface area contributed by atoms with Gasteiger partial charge in [-0.15, -0.1) is 0 Å². The molecule has 1 N–H and O–H groups in total. The number of para-hydroxylation sites is 1. The van der Waals surface area contributed by atoms with Gasteiger partial charge in [-0.2, -0.15) is 8.78 Å². The van der Waals surface area contributed by atoms with E-state index < -0.39 is 12.5 Å². The first kappa shape index (κ1) is 21.0. The van der Waals surface area contributed by atoms with Gasteiger partial charge in [-0.25, -0.2) is 0 Å². The van der Waals surface area contributed by atoms with Crippen molar-refractivity contribution in [2.24, 2.45) is 5.92 Å². The van der Waals surface area contributed by atoms with E-state index in [1.165, 1.54) is 23.1 Å². The molecule has 1 aliphatic carbocycles. The van der Waals surface area contributed by atoms with E-state index >= 15 is 0 Å². The number of nitrogens with one attached hydrogen (secondary N) is 1. The summed E-state index contributed by atoms with van der Waals surface area (Å²) in [5.41, 5.74) is 0.0824. The van der Waals surface area contributed by atoms with Crippen LogP contribution >= 0.6 is 0 Å². The number of benzene rings is 1. The van der Waals surface area contributed by atoms with E-state index in [1.54, 1.807) is 11.0 Å². The van der Waals surface area contributed by atoms with Gasteiger partial charge in [-0.3, -0.25) is 14.4 Å². The summed E-state index contributed by atoms with van der Waals surface area (Å²) in [5.74, 6) is -0.331. The van der Waals surface area contributed by atoms with Gasteiger partial charge in [0.15, 0.2) is 0 Å². The highest BCUT2D eigenvalue weighted by Crippen LogP contribution is 2.28. The minimum absolute atomic E-state index is 0.0146. The third kappa shape index (κ3) is 5.88. The van der Waals surface area contributed by atoms with E-state index in [4.69, 9.17) is 0 Å². The molecule has 29 heavy (non-hydrogen) atoms. The molecule has 7 nitrogen and oxygen atoms in total. The van der Waals surface area contributed by atoms with E-state index in [-0.39, 0.29) is 29.0 Å². The Morgan fingerprint density at radius 2 is 1.72 bits per heavy atom. The molecule has 1 saturated carbocycles. The van der Waals surface area contributed by atoms with Gasteiger partial charge in [0.2, 0.25) is 11.8 Å². The van der Waals surface area contributed by atoms with Gasteiger partial charge in [-0.05, 0) is 31.4 Å². The Morgan fingerprint density at radius 1 is 1.07 bits per heavy atom. The highest BCUT2D eigenvalue weighted by Gasteiger charge is 2.29. The van der Waals surface area contributed by atoms with Crippen molar-refractivity contribution in [3.8, 4) is 5.75 Å². The lowest BCUT2D eigenvalue weighted by molar-refractivity contribution is -0.133. The highest BCUT2D eigenvalue weighted by molar-refractivity contribution is 5.97. The van der Waals surface area contributed by atoms with Gasteiger partial charge in [-0.1, -0.05) is 12.1 Å². The first-order chi connectivity index (χ1) is 14.0. The molecule has 0 aromatic heterocycles. The lowest BCUT2D eigenvalue weighted by atomic mass is 10.1. The second kappa shape index (κ2) is 9.67. The molecule has 0 bridgehead atoms. The van der Waals surface area contributed by atoms with Crippen LogP contribution in [0.1, 0.15) is 36.0 Å². The molecule has 2 aliphatic rings. The summed E-state index contributed by atoms with van der Waals surface area (Å²) >= 11 is 0. The predicted octanol–water partition coefficient (Wildman–Crippen LogP) is 1.88. The van der Waals surface area contributed by atoms with Crippen LogP contribution in [0.3, 0.4) is 0 Å². The Labute approximate surface area is 168 Å². The fourth-order valence-electron chi connectivity index (χ4n) is 3.27. The van der Waals surface area contributed by atoms with Crippen molar-refractivity contribution in [2.75, 3.05) is 32.7 Å².